The number of hydrogen-bond acceptors (Lipinski definition) is 2. The van der Waals surface area contributed by atoms with Crippen molar-refractivity contribution >= 4 is 29.1 Å². The summed E-state index contributed by atoms with van der Waals surface area (Å²) >= 11 is 6.30. The van der Waals surface area contributed by atoms with Gasteiger partial charge in [-0.1, -0.05) is 78.3 Å². The van der Waals surface area contributed by atoms with E-state index in [4.69, 9.17) is 11.6 Å². The van der Waals surface area contributed by atoms with Crippen LogP contribution >= 0.6 is 11.6 Å². The quantitative estimate of drug-likeness (QED) is 0.425. The van der Waals surface area contributed by atoms with Gasteiger partial charge in [0, 0.05) is 6.42 Å². The molecule has 0 bridgehead atoms. The first-order valence-electron chi connectivity index (χ1n) is 9.43. The van der Waals surface area contributed by atoms with E-state index in [1.165, 1.54) is 6.07 Å². The van der Waals surface area contributed by atoms with Gasteiger partial charge in [-0.15, -0.1) is 0 Å². The Morgan fingerprint density at radius 1 is 0.900 bits per heavy atom. The average Bonchev–Trinajstić information content (AvgIpc) is 3.17. The molecule has 6 heteroatoms. The number of hydrazone groups is 1. The van der Waals surface area contributed by atoms with Gasteiger partial charge in [0.15, 0.2) is 0 Å². The van der Waals surface area contributed by atoms with Crippen molar-refractivity contribution in [1.82, 2.24) is 0 Å². The van der Waals surface area contributed by atoms with Crippen molar-refractivity contribution < 1.29 is 13.2 Å². The predicted molar refractivity (Wildman–Crippen MR) is 116 cm³/mol. The Bertz CT molecular complexity index is 1080. The zero-order valence-corrected chi connectivity index (χ0v) is 16.6. The maximum absolute atomic E-state index is 13.3. The first-order valence-corrected chi connectivity index (χ1v) is 9.81. The van der Waals surface area contributed by atoms with Crippen molar-refractivity contribution in [1.29, 1.82) is 0 Å². The Balaban J connectivity index is 1.73. The zero-order chi connectivity index (χ0) is 21.1. The molecule has 0 saturated heterocycles. The van der Waals surface area contributed by atoms with Crippen molar-refractivity contribution in [2.45, 2.75) is 18.6 Å². The van der Waals surface area contributed by atoms with E-state index in [1.807, 2.05) is 72.8 Å². The minimum Gasteiger partial charge on any atom is -0.256 e. The molecule has 1 heterocycles. The van der Waals surface area contributed by atoms with Crippen LogP contribution in [0.15, 0.2) is 90.0 Å². The highest BCUT2D eigenvalue weighted by molar-refractivity contribution is 6.33. The second-order valence-electron chi connectivity index (χ2n) is 6.97. The molecule has 0 aliphatic carbocycles. The van der Waals surface area contributed by atoms with Crippen molar-refractivity contribution in [2.24, 2.45) is 5.10 Å². The molecule has 4 rings (SSSR count). The Kier molecular flexibility index (Phi) is 5.64. The number of benzene rings is 3. The lowest BCUT2D eigenvalue weighted by molar-refractivity contribution is -0.137. The second-order valence-corrected chi connectivity index (χ2v) is 7.38. The molecule has 0 N–H and O–H groups in total. The topological polar surface area (TPSA) is 15.6 Å². The summed E-state index contributed by atoms with van der Waals surface area (Å²) in [6.07, 6.45) is -0.0636. The van der Waals surface area contributed by atoms with Crippen LogP contribution in [-0.2, 0) is 6.18 Å². The summed E-state index contributed by atoms with van der Waals surface area (Å²) in [5, 5.41) is 6.44. The molecule has 1 aliphatic rings. The molecule has 3 aromatic carbocycles. The molecule has 152 valence electrons. The molecule has 0 unspecified atom stereocenters. The molecule has 3 aromatic rings. The van der Waals surface area contributed by atoms with Gasteiger partial charge < -0.3 is 0 Å². The molecular formula is C24H18ClF3N2. The molecule has 2 nitrogen and oxygen atoms in total. The Morgan fingerprint density at radius 3 is 2.23 bits per heavy atom. The number of alkyl halides is 3. The Hall–Kier alpha value is -3.05. The molecule has 0 radical (unpaired) electrons. The van der Waals surface area contributed by atoms with Gasteiger partial charge in [-0.25, -0.2) is 0 Å². The Labute approximate surface area is 177 Å². The monoisotopic (exact) mass is 426 g/mol. The summed E-state index contributed by atoms with van der Waals surface area (Å²) < 4.78 is 39.8. The van der Waals surface area contributed by atoms with E-state index >= 15 is 0 Å². The van der Waals surface area contributed by atoms with Crippen LogP contribution in [0.5, 0.6) is 0 Å². The molecule has 0 fully saturated rings. The normalized spacial score (nSPS) is 16.9. The van der Waals surface area contributed by atoms with Gasteiger partial charge in [-0.05, 0) is 35.4 Å². The number of hydrogen-bond donors (Lipinski definition) is 0. The standard InChI is InChI=1S/C24H18ClF3N2/c25-21-14-12-19(24(26,27)28)15-23(21)30-22(18-9-5-2-6-10-18)16-20(29-30)13-11-17-7-3-1-4-8-17/h1-15,22H,16H2/b13-11+/t22-/m1/s1. The highest BCUT2D eigenvalue weighted by atomic mass is 35.5. The minimum absolute atomic E-state index is 0.223. The third-order valence-electron chi connectivity index (χ3n) is 4.91. The summed E-state index contributed by atoms with van der Waals surface area (Å²) in [5.41, 5.74) is 2.23. The van der Waals surface area contributed by atoms with Crippen LogP contribution in [0.1, 0.15) is 29.2 Å². The fourth-order valence-corrected chi connectivity index (χ4v) is 3.62. The maximum atomic E-state index is 13.3. The van der Waals surface area contributed by atoms with Gasteiger partial charge in [-0.2, -0.15) is 18.3 Å². The number of rotatable bonds is 4. The van der Waals surface area contributed by atoms with Gasteiger partial charge in [-0.3, -0.25) is 5.01 Å². The van der Waals surface area contributed by atoms with E-state index < -0.39 is 11.7 Å². The fraction of sp³-hybridized carbons (Fsp3) is 0.125. The van der Waals surface area contributed by atoms with Crippen LogP contribution in [0, 0.1) is 0 Å². The predicted octanol–water partition coefficient (Wildman–Crippen LogP) is 7.38. The third kappa shape index (κ3) is 4.41. The molecule has 0 spiro atoms. The average molecular weight is 427 g/mol. The van der Waals surface area contributed by atoms with E-state index in [0.29, 0.717) is 6.42 Å². The zero-order valence-electron chi connectivity index (χ0n) is 15.9. The van der Waals surface area contributed by atoms with Crippen LogP contribution in [0.3, 0.4) is 0 Å². The third-order valence-corrected chi connectivity index (χ3v) is 5.23. The number of anilines is 1. The van der Waals surface area contributed by atoms with Crippen LogP contribution in [0.2, 0.25) is 5.02 Å². The maximum Gasteiger partial charge on any atom is 0.416 e. The highest BCUT2D eigenvalue weighted by Crippen LogP contribution is 2.41. The van der Waals surface area contributed by atoms with Crippen molar-refractivity contribution in [3.05, 3.63) is 107 Å². The van der Waals surface area contributed by atoms with E-state index in [1.54, 1.807) is 5.01 Å². The first kappa shape index (κ1) is 20.2. The van der Waals surface area contributed by atoms with Crippen LogP contribution in [-0.4, -0.2) is 5.71 Å². The van der Waals surface area contributed by atoms with Gasteiger partial charge in [0.1, 0.15) is 0 Å². The molecule has 0 aromatic heterocycles. The largest absolute Gasteiger partial charge is 0.416 e. The fourth-order valence-electron chi connectivity index (χ4n) is 3.41. The Morgan fingerprint density at radius 2 is 1.57 bits per heavy atom. The SMILES string of the molecule is FC(F)(F)c1ccc(Cl)c(N2N=C(/C=C/c3ccccc3)C[C@@H]2c2ccccc2)c1. The van der Waals surface area contributed by atoms with Gasteiger partial charge in [0.2, 0.25) is 0 Å². The van der Waals surface area contributed by atoms with Gasteiger partial charge >= 0.3 is 6.18 Å². The summed E-state index contributed by atoms with van der Waals surface area (Å²) in [6, 6.07) is 22.4. The molecule has 1 aliphatic heterocycles. The van der Waals surface area contributed by atoms with E-state index in [-0.39, 0.29) is 16.8 Å². The van der Waals surface area contributed by atoms with Gasteiger partial charge in [0.05, 0.1) is 28.0 Å². The van der Waals surface area contributed by atoms with Crippen molar-refractivity contribution in [3.8, 4) is 0 Å². The minimum atomic E-state index is -4.46. The molecule has 0 saturated carbocycles. The summed E-state index contributed by atoms with van der Waals surface area (Å²) in [5.74, 6) is 0. The number of allylic oxidation sites excluding steroid dienone is 1. The second kappa shape index (κ2) is 8.36. The van der Waals surface area contributed by atoms with E-state index in [2.05, 4.69) is 5.10 Å². The molecule has 0 amide bonds. The number of nitrogens with zero attached hydrogens (tertiary/aromatic N) is 2. The highest BCUT2D eigenvalue weighted by Gasteiger charge is 2.34. The van der Waals surface area contributed by atoms with Crippen LogP contribution in [0.4, 0.5) is 18.9 Å². The summed E-state index contributed by atoms with van der Waals surface area (Å²) in [6.45, 7) is 0. The first-order chi connectivity index (χ1) is 14.4. The lowest BCUT2D eigenvalue weighted by Gasteiger charge is -2.25. The van der Waals surface area contributed by atoms with Gasteiger partial charge in [0.25, 0.3) is 0 Å². The number of halogens is 4. The smallest absolute Gasteiger partial charge is 0.256 e. The molecule has 30 heavy (non-hydrogen) atoms. The van der Waals surface area contributed by atoms with E-state index in [9.17, 15) is 13.2 Å². The van der Waals surface area contributed by atoms with E-state index in [0.717, 1.165) is 29.0 Å². The summed E-state index contributed by atoms with van der Waals surface area (Å²) in [4.78, 5) is 0. The van der Waals surface area contributed by atoms with Crippen LogP contribution < -0.4 is 5.01 Å². The molecule has 1 atom stereocenters. The summed E-state index contributed by atoms with van der Waals surface area (Å²) in [7, 11) is 0. The van der Waals surface area contributed by atoms with Crippen LogP contribution in [0.25, 0.3) is 6.08 Å². The lowest BCUT2D eigenvalue weighted by Crippen LogP contribution is -2.19. The lowest BCUT2D eigenvalue weighted by atomic mass is 10.0. The van der Waals surface area contributed by atoms with Crippen molar-refractivity contribution in [2.75, 3.05) is 5.01 Å². The molecular weight excluding hydrogens is 409 g/mol. The van der Waals surface area contributed by atoms with Crippen molar-refractivity contribution in [3.63, 3.8) is 0 Å².